The number of hydrogen-bond acceptors (Lipinski definition) is 0. The van der Waals surface area contributed by atoms with Crippen molar-refractivity contribution in [1.82, 2.24) is 0 Å². The van der Waals surface area contributed by atoms with Crippen LogP contribution in [0.5, 0.6) is 0 Å². The molecule has 0 fully saturated rings. The quantitative estimate of drug-likeness (QED) is 0.517. The smallest absolute Gasteiger partial charge is 0.0382 e. The van der Waals surface area contributed by atoms with Crippen molar-refractivity contribution in [3.05, 3.63) is 12.7 Å². The maximum atomic E-state index is 3.48. The molecule has 0 rings (SSSR count). The van der Waals surface area contributed by atoms with E-state index in [0.717, 1.165) is 6.42 Å². The van der Waals surface area contributed by atoms with Gasteiger partial charge in [-0.25, -0.2) is 0 Å². The van der Waals surface area contributed by atoms with E-state index < -0.39 is 0 Å². The fourth-order valence-electron chi connectivity index (χ4n) is 0.354. The molecule has 0 aliphatic carbocycles. The van der Waals surface area contributed by atoms with Crippen LogP contribution in [0.1, 0.15) is 60.3 Å². The highest BCUT2D eigenvalue weighted by atomic mass is 13.7. The molecule has 0 unspecified atom stereocenters. The lowest BCUT2D eigenvalue weighted by atomic mass is 10.3. The largest absolute Gasteiger partial charge is 0.103 e. The van der Waals surface area contributed by atoms with Crippen molar-refractivity contribution in [1.29, 1.82) is 0 Å². The maximum absolute atomic E-state index is 3.48. The highest BCUT2D eigenvalue weighted by Crippen LogP contribution is 1.88. The Hall–Kier alpha value is -0.260. The summed E-state index contributed by atoms with van der Waals surface area (Å²) >= 11 is 0. The van der Waals surface area contributed by atoms with E-state index in [1.54, 1.807) is 0 Å². The van der Waals surface area contributed by atoms with Crippen LogP contribution in [0.3, 0.4) is 0 Å². The molecular weight excluding hydrogens is 132 g/mol. The Labute approximate surface area is 73.7 Å². The normalized spacial score (nSPS) is 6.64. The molecule has 0 heterocycles. The molecule has 0 bridgehead atoms. The van der Waals surface area contributed by atoms with Gasteiger partial charge in [0.15, 0.2) is 0 Å². The molecule has 0 saturated carbocycles. The fraction of sp³-hybridized carbons (Fsp3) is 0.818. The minimum atomic E-state index is 1.08. The molecule has 11 heavy (non-hydrogen) atoms. The predicted molar refractivity (Wildman–Crippen MR) is 57.0 cm³/mol. The second-order valence-electron chi connectivity index (χ2n) is 2.05. The van der Waals surface area contributed by atoms with Crippen LogP contribution < -0.4 is 0 Å². The summed E-state index contributed by atoms with van der Waals surface area (Å²) in [6, 6.07) is 0. The fourth-order valence-corrected chi connectivity index (χ4v) is 0.354. The molecule has 0 heteroatoms. The average Bonchev–Trinajstić information content (AvgIpc) is 2.10. The van der Waals surface area contributed by atoms with Gasteiger partial charge in [0.25, 0.3) is 0 Å². The van der Waals surface area contributed by atoms with Crippen molar-refractivity contribution < 1.29 is 0 Å². The molecule has 0 amide bonds. The summed E-state index contributed by atoms with van der Waals surface area (Å²) in [6.45, 7) is 14.0. The first-order valence-corrected chi connectivity index (χ1v) is 4.94. The molecule has 70 valence electrons. The van der Waals surface area contributed by atoms with Gasteiger partial charge < -0.3 is 0 Å². The number of unbranched alkanes of at least 4 members (excludes halogenated alkanes) is 2. The lowest BCUT2D eigenvalue weighted by Gasteiger charge is -1.79. The molecule has 0 aliphatic heterocycles. The van der Waals surface area contributed by atoms with Crippen molar-refractivity contribution in [2.45, 2.75) is 60.3 Å². The third-order valence-electron chi connectivity index (χ3n) is 0.996. The summed E-state index contributed by atoms with van der Waals surface area (Å²) in [5.74, 6) is 0. The second kappa shape index (κ2) is 33.1. The van der Waals surface area contributed by atoms with Gasteiger partial charge in [-0.1, -0.05) is 60.0 Å². The lowest BCUT2D eigenvalue weighted by Crippen LogP contribution is -1.59. The Morgan fingerprint density at radius 3 is 1.27 bits per heavy atom. The zero-order chi connectivity index (χ0) is 9.54. The van der Waals surface area contributed by atoms with Crippen LogP contribution in [0.2, 0.25) is 0 Å². The summed E-state index contributed by atoms with van der Waals surface area (Å²) in [5.41, 5.74) is 0. The molecule has 0 spiro atoms. The molecule has 0 nitrogen and oxygen atoms in total. The summed E-state index contributed by atoms with van der Waals surface area (Å²) < 4.78 is 0. The molecule has 0 radical (unpaired) electrons. The Bertz CT molecular complexity index is 35.3. The Morgan fingerprint density at radius 1 is 1.00 bits per heavy atom. The first kappa shape index (κ1) is 17.0. The van der Waals surface area contributed by atoms with Crippen LogP contribution in [0.4, 0.5) is 0 Å². The molecule has 0 aromatic heterocycles. The SMILES string of the molecule is C=CCC.CC.CCCCC. The molecule has 0 N–H and O–H groups in total. The van der Waals surface area contributed by atoms with Crippen LogP contribution in [-0.2, 0) is 0 Å². The summed E-state index contributed by atoms with van der Waals surface area (Å²) in [6.07, 6.45) is 7.03. The summed E-state index contributed by atoms with van der Waals surface area (Å²) in [7, 11) is 0. The van der Waals surface area contributed by atoms with Gasteiger partial charge in [0, 0.05) is 0 Å². The molecule has 0 aromatic rings. The van der Waals surface area contributed by atoms with Crippen molar-refractivity contribution in [3.63, 3.8) is 0 Å². The van der Waals surface area contributed by atoms with Gasteiger partial charge in [-0.05, 0) is 6.42 Å². The third-order valence-corrected chi connectivity index (χ3v) is 0.996. The van der Waals surface area contributed by atoms with Crippen molar-refractivity contribution in [2.75, 3.05) is 0 Å². The first-order valence-electron chi connectivity index (χ1n) is 4.94. The molecular formula is C11H26. The van der Waals surface area contributed by atoms with Crippen LogP contribution in [-0.4, -0.2) is 0 Å². The van der Waals surface area contributed by atoms with Crippen molar-refractivity contribution >= 4 is 0 Å². The topological polar surface area (TPSA) is 0 Å². The van der Waals surface area contributed by atoms with Crippen LogP contribution >= 0.6 is 0 Å². The maximum Gasteiger partial charge on any atom is -0.0382 e. The number of allylic oxidation sites excluding steroid dienone is 1. The van der Waals surface area contributed by atoms with E-state index in [2.05, 4.69) is 27.4 Å². The lowest BCUT2D eigenvalue weighted by molar-refractivity contribution is 0.772. The highest BCUT2D eigenvalue weighted by Gasteiger charge is 1.68. The van der Waals surface area contributed by atoms with E-state index in [0.29, 0.717) is 0 Å². The zero-order valence-corrected chi connectivity index (χ0v) is 9.11. The minimum absolute atomic E-state index is 1.08. The molecule has 0 aromatic carbocycles. The first-order chi connectivity index (χ1) is 5.33. The number of rotatable bonds is 3. The van der Waals surface area contributed by atoms with E-state index >= 15 is 0 Å². The van der Waals surface area contributed by atoms with E-state index in [9.17, 15) is 0 Å². The van der Waals surface area contributed by atoms with E-state index in [-0.39, 0.29) is 0 Å². The van der Waals surface area contributed by atoms with Gasteiger partial charge in [0.05, 0.1) is 0 Å². The van der Waals surface area contributed by atoms with Gasteiger partial charge in [0.1, 0.15) is 0 Å². The highest BCUT2D eigenvalue weighted by molar-refractivity contribution is 4.60. The van der Waals surface area contributed by atoms with E-state index in [4.69, 9.17) is 0 Å². The molecule has 0 saturated heterocycles. The molecule has 0 aliphatic rings. The zero-order valence-electron chi connectivity index (χ0n) is 9.11. The Kier molecular flexibility index (Phi) is 51.2. The summed E-state index contributed by atoms with van der Waals surface area (Å²) in [4.78, 5) is 0. The minimum Gasteiger partial charge on any atom is -0.103 e. The van der Waals surface area contributed by atoms with Crippen LogP contribution in [0, 0.1) is 0 Å². The van der Waals surface area contributed by atoms with Crippen molar-refractivity contribution in [2.24, 2.45) is 0 Å². The monoisotopic (exact) mass is 158 g/mol. The standard InChI is InChI=1S/C5H12.C4H8.C2H6/c1-3-5-4-2;1-3-4-2;1-2/h3-5H2,1-2H3;3H,1,4H2,2H3;1-2H3. The third kappa shape index (κ3) is 77.7. The Balaban J connectivity index is -0.0000000965. The second-order valence-corrected chi connectivity index (χ2v) is 2.05. The van der Waals surface area contributed by atoms with Crippen molar-refractivity contribution in [3.8, 4) is 0 Å². The molecule has 0 atom stereocenters. The Morgan fingerprint density at radius 2 is 1.27 bits per heavy atom. The van der Waals surface area contributed by atoms with Gasteiger partial charge in [0.2, 0.25) is 0 Å². The summed E-state index contributed by atoms with van der Waals surface area (Å²) in [5, 5.41) is 0. The average molecular weight is 158 g/mol. The van der Waals surface area contributed by atoms with Gasteiger partial charge in [-0.2, -0.15) is 0 Å². The van der Waals surface area contributed by atoms with Gasteiger partial charge >= 0.3 is 0 Å². The predicted octanol–water partition coefficient (Wildman–Crippen LogP) is 4.81. The van der Waals surface area contributed by atoms with Crippen LogP contribution in [0.15, 0.2) is 12.7 Å². The van der Waals surface area contributed by atoms with Crippen LogP contribution in [0.25, 0.3) is 0 Å². The van der Waals surface area contributed by atoms with E-state index in [1.807, 2.05) is 19.9 Å². The van der Waals surface area contributed by atoms with E-state index in [1.165, 1.54) is 19.3 Å². The van der Waals surface area contributed by atoms with Gasteiger partial charge in [-0.15, -0.1) is 6.58 Å². The van der Waals surface area contributed by atoms with Gasteiger partial charge in [-0.3, -0.25) is 0 Å². The number of hydrogen-bond donors (Lipinski definition) is 0.